The van der Waals surface area contributed by atoms with Gasteiger partial charge in [-0.05, 0) is 12.5 Å². The van der Waals surface area contributed by atoms with Crippen molar-refractivity contribution in [3.63, 3.8) is 0 Å². The smallest absolute Gasteiger partial charge is 0.184 e. The third-order valence-electron chi connectivity index (χ3n) is 2.53. The molecular weight excluding hydrogens is 232 g/mol. The van der Waals surface area contributed by atoms with Crippen LogP contribution >= 0.6 is 0 Å². The van der Waals surface area contributed by atoms with E-state index >= 15 is 0 Å². The zero-order valence-corrected chi connectivity index (χ0v) is 9.43. The molecule has 0 aliphatic carbocycles. The topological polar surface area (TPSA) is 120 Å². The van der Waals surface area contributed by atoms with E-state index in [1.807, 2.05) is 0 Å². The Morgan fingerprint density at radius 1 is 1.24 bits per heavy atom. The molecule has 0 saturated carbocycles. The quantitative estimate of drug-likeness (QED) is 0.281. The lowest BCUT2D eigenvalue weighted by Crippen LogP contribution is -2.58. The molecule has 0 aromatic rings. The summed E-state index contributed by atoms with van der Waals surface area (Å²) < 4.78 is 9.75. The lowest BCUT2D eigenvalue weighted by Gasteiger charge is -2.38. The number of aliphatic hydroxyl groups is 5. The van der Waals surface area contributed by atoms with Crippen LogP contribution in [0.25, 0.3) is 0 Å². The van der Waals surface area contributed by atoms with Crippen molar-refractivity contribution in [1.29, 1.82) is 0 Å². The minimum Gasteiger partial charge on any atom is -0.387 e. The maximum atomic E-state index is 9.55. The molecule has 5 unspecified atom stereocenters. The van der Waals surface area contributed by atoms with Gasteiger partial charge in [0.2, 0.25) is 0 Å². The molecule has 1 rings (SSSR count). The fourth-order valence-corrected chi connectivity index (χ4v) is 1.40. The van der Waals surface area contributed by atoms with E-state index in [-0.39, 0.29) is 6.61 Å². The number of hydrogen-bond acceptors (Lipinski definition) is 7. The van der Waals surface area contributed by atoms with Crippen LogP contribution in [-0.4, -0.2) is 69.1 Å². The first-order valence-electron chi connectivity index (χ1n) is 5.17. The summed E-state index contributed by atoms with van der Waals surface area (Å²) in [6, 6.07) is 0. The van der Waals surface area contributed by atoms with E-state index in [9.17, 15) is 25.5 Å². The minimum absolute atomic E-state index is 0.254. The maximum absolute atomic E-state index is 9.55. The van der Waals surface area contributed by atoms with Gasteiger partial charge in [0.25, 0.3) is 0 Å². The Morgan fingerprint density at radius 3 is 2.35 bits per heavy atom. The molecule has 7 nitrogen and oxygen atoms in total. The van der Waals surface area contributed by atoms with Crippen LogP contribution in [0.2, 0.25) is 0 Å². The van der Waals surface area contributed by atoms with Crippen LogP contribution in [-0.2, 0) is 9.47 Å². The molecule has 7 heteroatoms. The lowest BCUT2D eigenvalue weighted by molar-refractivity contribution is -0.293. The SMILES string of the molecule is C=C(C)C(O)OCC1OC(O)[C@H](O)C(O)C1O. The maximum Gasteiger partial charge on any atom is 0.184 e. The van der Waals surface area contributed by atoms with Crippen LogP contribution in [0, 0.1) is 0 Å². The molecule has 0 radical (unpaired) electrons. The van der Waals surface area contributed by atoms with Gasteiger partial charge in [0.15, 0.2) is 12.6 Å². The van der Waals surface area contributed by atoms with Gasteiger partial charge in [-0.2, -0.15) is 0 Å². The molecule has 1 aliphatic heterocycles. The second-order valence-corrected chi connectivity index (χ2v) is 4.07. The third kappa shape index (κ3) is 3.46. The van der Waals surface area contributed by atoms with E-state index in [1.165, 1.54) is 0 Å². The summed E-state index contributed by atoms with van der Waals surface area (Å²) >= 11 is 0. The van der Waals surface area contributed by atoms with Crippen molar-refractivity contribution < 1.29 is 35.0 Å². The predicted molar refractivity (Wildman–Crippen MR) is 55.7 cm³/mol. The van der Waals surface area contributed by atoms with E-state index in [4.69, 9.17) is 9.47 Å². The molecule has 1 aliphatic rings. The van der Waals surface area contributed by atoms with Gasteiger partial charge in [-0.1, -0.05) is 6.58 Å². The molecule has 1 saturated heterocycles. The van der Waals surface area contributed by atoms with Crippen molar-refractivity contribution in [2.75, 3.05) is 6.61 Å². The molecule has 0 bridgehead atoms. The predicted octanol–water partition coefficient (Wildman–Crippen LogP) is -2.30. The van der Waals surface area contributed by atoms with Crippen LogP contribution in [0.1, 0.15) is 6.92 Å². The van der Waals surface area contributed by atoms with E-state index in [0.717, 1.165) is 0 Å². The van der Waals surface area contributed by atoms with Gasteiger partial charge in [0.05, 0.1) is 6.61 Å². The van der Waals surface area contributed by atoms with Crippen LogP contribution in [0.15, 0.2) is 12.2 Å². The Labute approximate surface area is 98.5 Å². The molecule has 100 valence electrons. The van der Waals surface area contributed by atoms with Crippen molar-refractivity contribution >= 4 is 0 Å². The van der Waals surface area contributed by atoms with E-state index in [1.54, 1.807) is 6.92 Å². The zero-order chi connectivity index (χ0) is 13.2. The number of rotatable bonds is 4. The van der Waals surface area contributed by atoms with Crippen molar-refractivity contribution in [3.05, 3.63) is 12.2 Å². The van der Waals surface area contributed by atoms with Crippen molar-refractivity contribution in [2.45, 2.75) is 43.9 Å². The summed E-state index contributed by atoms with van der Waals surface area (Å²) in [5.41, 5.74) is 0.372. The highest BCUT2D eigenvalue weighted by Gasteiger charge is 2.43. The number of ether oxygens (including phenoxy) is 2. The van der Waals surface area contributed by atoms with E-state index in [2.05, 4.69) is 6.58 Å². The summed E-state index contributed by atoms with van der Waals surface area (Å²) in [4.78, 5) is 0. The first-order valence-corrected chi connectivity index (χ1v) is 5.17. The Hall–Kier alpha value is -0.540. The number of aliphatic hydroxyl groups excluding tert-OH is 5. The van der Waals surface area contributed by atoms with Gasteiger partial charge in [-0.3, -0.25) is 0 Å². The summed E-state index contributed by atoms with van der Waals surface area (Å²) in [6.45, 7) is 4.76. The molecule has 0 aromatic carbocycles. The standard InChI is InChI=1S/C10H18O7/c1-4(2)9(14)16-3-5-6(11)7(12)8(13)10(15)17-5/h5-15H,1,3H2,2H3/t5?,6?,7?,8-,9?,10?/m1/s1. The van der Waals surface area contributed by atoms with Crippen molar-refractivity contribution in [2.24, 2.45) is 0 Å². The van der Waals surface area contributed by atoms with Crippen LogP contribution in [0.3, 0.4) is 0 Å². The fourth-order valence-electron chi connectivity index (χ4n) is 1.40. The zero-order valence-electron chi connectivity index (χ0n) is 9.43. The lowest BCUT2D eigenvalue weighted by atomic mass is 9.99. The van der Waals surface area contributed by atoms with Crippen molar-refractivity contribution in [3.8, 4) is 0 Å². The molecule has 17 heavy (non-hydrogen) atoms. The largest absolute Gasteiger partial charge is 0.387 e. The summed E-state index contributed by atoms with van der Waals surface area (Å²) in [5, 5.41) is 46.7. The fraction of sp³-hybridized carbons (Fsp3) is 0.800. The van der Waals surface area contributed by atoms with Gasteiger partial charge in [0, 0.05) is 0 Å². The van der Waals surface area contributed by atoms with Gasteiger partial charge < -0.3 is 35.0 Å². The monoisotopic (exact) mass is 250 g/mol. The van der Waals surface area contributed by atoms with Crippen molar-refractivity contribution in [1.82, 2.24) is 0 Å². The molecule has 0 aromatic heterocycles. The van der Waals surface area contributed by atoms with Gasteiger partial charge in [-0.15, -0.1) is 0 Å². The number of hydrogen-bond donors (Lipinski definition) is 5. The molecule has 0 amide bonds. The summed E-state index contributed by atoms with van der Waals surface area (Å²) in [6.07, 6.45) is -8.39. The first-order chi connectivity index (χ1) is 7.84. The highest BCUT2D eigenvalue weighted by Crippen LogP contribution is 2.20. The molecule has 5 N–H and O–H groups in total. The van der Waals surface area contributed by atoms with E-state index in [0.29, 0.717) is 5.57 Å². The van der Waals surface area contributed by atoms with Gasteiger partial charge in [0.1, 0.15) is 24.4 Å². The molecule has 1 heterocycles. The average Bonchev–Trinajstić information content (AvgIpc) is 2.28. The highest BCUT2D eigenvalue weighted by molar-refractivity contribution is 4.93. The Kier molecular flexibility index (Phi) is 5.02. The Morgan fingerprint density at radius 2 is 1.82 bits per heavy atom. The second-order valence-electron chi connectivity index (χ2n) is 4.07. The molecule has 0 spiro atoms. The Bertz CT molecular complexity index is 269. The van der Waals surface area contributed by atoms with Crippen LogP contribution < -0.4 is 0 Å². The summed E-state index contributed by atoms with van der Waals surface area (Å²) in [5.74, 6) is 0. The van der Waals surface area contributed by atoms with E-state index < -0.39 is 37.0 Å². The highest BCUT2D eigenvalue weighted by atomic mass is 16.7. The average molecular weight is 250 g/mol. The minimum atomic E-state index is -1.61. The van der Waals surface area contributed by atoms with Gasteiger partial charge >= 0.3 is 0 Å². The second kappa shape index (κ2) is 5.87. The third-order valence-corrected chi connectivity index (χ3v) is 2.53. The summed E-state index contributed by atoms with van der Waals surface area (Å²) in [7, 11) is 0. The first kappa shape index (κ1) is 14.5. The molecular formula is C10H18O7. The normalized spacial score (nSPS) is 40.0. The Balaban J connectivity index is 2.51. The van der Waals surface area contributed by atoms with Gasteiger partial charge in [-0.25, -0.2) is 0 Å². The van der Waals surface area contributed by atoms with Crippen LogP contribution in [0.5, 0.6) is 0 Å². The molecule has 1 fully saturated rings. The molecule has 6 atom stereocenters. The van der Waals surface area contributed by atoms with Crippen LogP contribution in [0.4, 0.5) is 0 Å².